The molecule has 0 atom stereocenters. The van der Waals surface area contributed by atoms with Gasteiger partial charge in [0.25, 0.3) is 0 Å². The average Bonchev–Trinajstić information content (AvgIpc) is 2.79. The van der Waals surface area contributed by atoms with Crippen LogP contribution in [0.2, 0.25) is 0 Å². The summed E-state index contributed by atoms with van der Waals surface area (Å²) in [5, 5.41) is 6.27. The lowest BCUT2D eigenvalue weighted by atomic mass is 10.2. The zero-order valence-electron chi connectivity index (χ0n) is 18.4. The molecule has 0 radical (unpaired) electrons. The third-order valence-corrected chi connectivity index (χ3v) is 4.05. The molecule has 0 heterocycles. The van der Waals surface area contributed by atoms with Crippen molar-refractivity contribution in [3.8, 4) is 11.5 Å². The number of hydrogen-bond acceptors (Lipinski definition) is 7. The first-order valence-electron chi connectivity index (χ1n) is 10.3. The van der Waals surface area contributed by atoms with Crippen molar-refractivity contribution in [2.24, 2.45) is 5.10 Å². The number of hydrazone groups is 1. The fourth-order valence-electron chi connectivity index (χ4n) is 2.57. The first-order valence-corrected chi connectivity index (χ1v) is 10.3. The van der Waals surface area contributed by atoms with E-state index in [4.69, 9.17) is 14.2 Å². The van der Waals surface area contributed by atoms with Gasteiger partial charge in [-0.25, -0.2) is 14.6 Å². The Morgan fingerprint density at radius 2 is 1.73 bits per heavy atom. The Labute approximate surface area is 190 Å². The summed E-state index contributed by atoms with van der Waals surface area (Å²) in [4.78, 5) is 35.3. The highest BCUT2D eigenvalue weighted by atomic mass is 19.1. The highest BCUT2D eigenvalue weighted by Crippen LogP contribution is 2.28. The highest BCUT2D eigenvalue weighted by molar-refractivity contribution is 5.93. The summed E-state index contributed by atoms with van der Waals surface area (Å²) in [5.41, 5.74) is 2.99. The topological polar surface area (TPSA) is 115 Å². The van der Waals surface area contributed by atoms with Crippen LogP contribution in [0.5, 0.6) is 11.5 Å². The predicted octanol–water partition coefficient (Wildman–Crippen LogP) is 3.04. The van der Waals surface area contributed by atoms with Gasteiger partial charge in [0.15, 0.2) is 18.1 Å². The standard InChI is InChI=1S/C23H26FN3O6/c1-3-31-20-13-16(9-10-19(20)33-15-23(30)32-4-2)14-25-27-22(29)12-11-21(28)26-18-8-6-5-7-17(18)24/h5-10,13-14H,3-4,11-12,15H2,1-2H3,(H,26,28)(H,27,29). The zero-order valence-corrected chi connectivity index (χ0v) is 18.4. The largest absolute Gasteiger partial charge is 0.490 e. The quantitative estimate of drug-likeness (QED) is 0.286. The second-order valence-corrected chi connectivity index (χ2v) is 6.55. The first kappa shape index (κ1) is 25.3. The van der Waals surface area contributed by atoms with Crippen molar-refractivity contribution in [2.45, 2.75) is 26.7 Å². The molecule has 0 saturated carbocycles. The molecule has 0 aromatic heterocycles. The van der Waals surface area contributed by atoms with Crippen molar-refractivity contribution in [1.29, 1.82) is 0 Å². The van der Waals surface area contributed by atoms with Crippen molar-refractivity contribution < 1.29 is 33.0 Å². The number of hydrogen-bond donors (Lipinski definition) is 2. The molecule has 0 aliphatic rings. The Bertz CT molecular complexity index is 996. The molecule has 0 fully saturated rings. The van der Waals surface area contributed by atoms with E-state index < -0.39 is 23.6 Å². The lowest BCUT2D eigenvalue weighted by Gasteiger charge is -2.12. The molecule has 0 bridgehead atoms. The number of ether oxygens (including phenoxy) is 3. The van der Waals surface area contributed by atoms with Crippen LogP contribution < -0.4 is 20.2 Å². The molecule has 0 saturated heterocycles. The highest BCUT2D eigenvalue weighted by Gasteiger charge is 2.11. The smallest absolute Gasteiger partial charge is 0.344 e. The number of benzene rings is 2. The molecule has 176 valence electrons. The van der Waals surface area contributed by atoms with Gasteiger partial charge in [0.05, 0.1) is 25.1 Å². The summed E-state index contributed by atoms with van der Waals surface area (Å²) in [6.07, 6.45) is 1.15. The number of nitrogens with one attached hydrogen (secondary N) is 2. The number of carbonyl (C=O) groups excluding carboxylic acids is 3. The van der Waals surface area contributed by atoms with Crippen molar-refractivity contribution in [3.05, 3.63) is 53.8 Å². The van der Waals surface area contributed by atoms with Crippen LogP contribution in [0, 0.1) is 5.82 Å². The van der Waals surface area contributed by atoms with Gasteiger partial charge in [0, 0.05) is 12.8 Å². The van der Waals surface area contributed by atoms with Gasteiger partial charge in [-0.1, -0.05) is 12.1 Å². The number of amides is 2. The van der Waals surface area contributed by atoms with Crippen molar-refractivity contribution in [1.82, 2.24) is 5.43 Å². The van der Waals surface area contributed by atoms with E-state index in [1.807, 2.05) is 0 Å². The van der Waals surface area contributed by atoms with Gasteiger partial charge in [0.1, 0.15) is 5.82 Å². The van der Waals surface area contributed by atoms with Crippen molar-refractivity contribution >= 4 is 29.7 Å². The third-order valence-electron chi connectivity index (χ3n) is 4.05. The predicted molar refractivity (Wildman–Crippen MR) is 120 cm³/mol. The van der Waals surface area contributed by atoms with Gasteiger partial charge in [-0.15, -0.1) is 0 Å². The summed E-state index contributed by atoms with van der Waals surface area (Å²) in [6.45, 7) is 3.90. The number of rotatable bonds is 12. The molecule has 2 aromatic carbocycles. The van der Waals surface area contributed by atoms with Crippen LogP contribution in [-0.4, -0.2) is 43.8 Å². The second-order valence-electron chi connectivity index (χ2n) is 6.55. The van der Waals surface area contributed by atoms with Crippen LogP contribution in [-0.2, 0) is 19.1 Å². The number of carbonyl (C=O) groups is 3. The summed E-state index contributed by atoms with van der Waals surface area (Å²) in [6, 6.07) is 10.7. The fraction of sp³-hybridized carbons (Fsp3) is 0.304. The first-order chi connectivity index (χ1) is 15.9. The maximum absolute atomic E-state index is 13.5. The fourth-order valence-corrected chi connectivity index (χ4v) is 2.57. The third kappa shape index (κ3) is 8.98. The van der Waals surface area contributed by atoms with Gasteiger partial charge < -0.3 is 19.5 Å². The lowest BCUT2D eigenvalue weighted by molar-refractivity contribution is -0.145. The second kappa shape index (κ2) is 13.5. The molecule has 10 heteroatoms. The minimum absolute atomic E-state index is 0.0562. The summed E-state index contributed by atoms with van der Waals surface area (Å²) in [5.74, 6) is -1.23. The van der Waals surface area contributed by atoms with Gasteiger partial charge in [0.2, 0.25) is 11.8 Å². The summed E-state index contributed by atoms with van der Waals surface area (Å²) >= 11 is 0. The molecular weight excluding hydrogens is 433 g/mol. The Kier molecular flexibility index (Phi) is 10.3. The van der Waals surface area contributed by atoms with E-state index in [0.717, 1.165) is 0 Å². The molecule has 2 amide bonds. The van der Waals surface area contributed by atoms with Gasteiger partial charge in [-0.2, -0.15) is 5.10 Å². The van der Waals surface area contributed by atoms with E-state index in [1.54, 1.807) is 38.1 Å². The molecule has 2 aromatic rings. The number of anilines is 1. The van der Waals surface area contributed by atoms with Crippen LogP contribution in [0.4, 0.5) is 10.1 Å². The zero-order chi connectivity index (χ0) is 24.1. The maximum atomic E-state index is 13.5. The molecule has 0 aliphatic carbocycles. The molecule has 0 unspecified atom stereocenters. The molecular formula is C23H26FN3O6. The molecule has 0 aliphatic heterocycles. The van der Waals surface area contributed by atoms with Crippen LogP contribution in [0.15, 0.2) is 47.6 Å². The minimum atomic E-state index is -0.552. The van der Waals surface area contributed by atoms with Gasteiger partial charge in [-0.3, -0.25) is 9.59 Å². The summed E-state index contributed by atoms with van der Waals surface area (Å²) in [7, 11) is 0. The Balaban J connectivity index is 1.84. The summed E-state index contributed by atoms with van der Waals surface area (Å²) < 4.78 is 29.3. The van der Waals surface area contributed by atoms with Crippen molar-refractivity contribution in [2.75, 3.05) is 25.1 Å². The number of para-hydroxylation sites is 1. The molecule has 9 nitrogen and oxygen atoms in total. The van der Waals surface area contributed by atoms with Crippen LogP contribution in [0.1, 0.15) is 32.3 Å². The van der Waals surface area contributed by atoms with Gasteiger partial charge >= 0.3 is 5.97 Å². The van der Waals surface area contributed by atoms with E-state index in [1.165, 1.54) is 24.4 Å². The van der Waals surface area contributed by atoms with E-state index in [2.05, 4.69) is 15.8 Å². The molecule has 33 heavy (non-hydrogen) atoms. The van der Waals surface area contributed by atoms with Crippen molar-refractivity contribution in [3.63, 3.8) is 0 Å². The van der Waals surface area contributed by atoms with E-state index >= 15 is 0 Å². The van der Waals surface area contributed by atoms with Crippen LogP contribution in [0.25, 0.3) is 0 Å². The minimum Gasteiger partial charge on any atom is -0.490 e. The number of nitrogens with zero attached hydrogens (tertiary/aromatic N) is 1. The Morgan fingerprint density at radius 3 is 2.45 bits per heavy atom. The Hall–Kier alpha value is -3.95. The van der Waals surface area contributed by atoms with Gasteiger partial charge in [-0.05, 0) is 49.7 Å². The lowest BCUT2D eigenvalue weighted by Crippen LogP contribution is -2.21. The van der Waals surface area contributed by atoms with Crippen LogP contribution in [0.3, 0.4) is 0 Å². The average molecular weight is 459 g/mol. The van der Waals surface area contributed by atoms with E-state index in [0.29, 0.717) is 23.7 Å². The number of esters is 1. The Morgan fingerprint density at radius 1 is 0.970 bits per heavy atom. The SMILES string of the molecule is CCOC(=O)COc1ccc(C=NNC(=O)CCC(=O)Nc2ccccc2F)cc1OCC. The molecule has 2 rings (SSSR count). The van der Waals surface area contributed by atoms with Crippen LogP contribution >= 0.6 is 0 Å². The molecule has 0 spiro atoms. The van der Waals surface area contributed by atoms with E-state index in [-0.39, 0.29) is 31.7 Å². The molecule has 2 N–H and O–H groups in total. The maximum Gasteiger partial charge on any atom is 0.344 e. The number of halogens is 1. The normalized spacial score (nSPS) is 10.5. The van der Waals surface area contributed by atoms with E-state index in [9.17, 15) is 18.8 Å². The monoisotopic (exact) mass is 459 g/mol.